The van der Waals surface area contributed by atoms with Gasteiger partial charge in [-0.1, -0.05) is 0 Å². The summed E-state index contributed by atoms with van der Waals surface area (Å²) in [5, 5.41) is 11.1. The summed E-state index contributed by atoms with van der Waals surface area (Å²) in [6, 6.07) is 5.89. The molecule has 0 N–H and O–H groups in total. The highest BCUT2D eigenvalue weighted by Crippen LogP contribution is 2.39. The van der Waals surface area contributed by atoms with Gasteiger partial charge in [0.2, 0.25) is 0 Å². The van der Waals surface area contributed by atoms with E-state index in [9.17, 15) is 19.3 Å². The van der Waals surface area contributed by atoms with E-state index in [-0.39, 0.29) is 27.3 Å². The number of esters is 1. The number of rotatable bonds is 5. The van der Waals surface area contributed by atoms with Crippen LogP contribution >= 0.6 is 15.9 Å². The smallest absolute Gasteiger partial charge is 0.345 e. The molecule has 24 heavy (non-hydrogen) atoms. The summed E-state index contributed by atoms with van der Waals surface area (Å²) in [5.41, 5.74) is -0.747. The summed E-state index contributed by atoms with van der Waals surface area (Å²) in [7, 11) is 2.48. The largest absolute Gasteiger partial charge is 0.493 e. The van der Waals surface area contributed by atoms with E-state index in [1.54, 1.807) is 0 Å². The molecule has 0 radical (unpaired) electrons. The monoisotopic (exact) mass is 399 g/mol. The zero-order valence-electron chi connectivity index (χ0n) is 12.5. The van der Waals surface area contributed by atoms with Gasteiger partial charge in [-0.15, -0.1) is 0 Å². The second kappa shape index (κ2) is 7.26. The van der Waals surface area contributed by atoms with E-state index in [0.717, 1.165) is 25.3 Å². The first kappa shape index (κ1) is 17.7. The van der Waals surface area contributed by atoms with Crippen molar-refractivity contribution in [2.24, 2.45) is 0 Å². The van der Waals surface area contributed by atoms with Crippen molar-refractivity contribution in [1.82, 2.24) is 0 Å². The van der Waals surface area contributed by atoms with Crippen molar-refractivity contribution in [2.75, 3.05) is 14.2 Å². The molecule has 2 rings (SSSR count). The molecule has 0 spiro atoms. The van der Waals surface area contributed by atoms with E-state index in [4.69, 9.17) is 9.47 Å². The summed E-state index contributed by atoms with van der Waals surface area (Å²) < 4.78 is 28.8. The van der Waals surface area contributed by atoms with Crippen molar-refractivity contribution >= 4 is 27.6 Å². The van der Waals surface area contributed by atoms with Crippen molar-refractivity contribution < 1.29 is 28.3 Å². The SMILES string of the molecule is COC(=O)c1cc(Oc2cc(F)ccc2OC)c(Br)cc1[N+](=O)[O-]. The molecule has 0 bridgehead atoms. The van der Waals surface area contributed by atoms with Crippen LogP contribution in [0.1, 0.15) is 10.4 Å². The summed E-state index contributed by atoms with van der Waals surface area (Å²) in [4.78, 5) is 22.1. The van der Waals surface area contributed by atoms with Crippen molar-refractivity contribution in [1.29, 1.82) is 0 Å². The van der Waals surface area contributed by atoms with Crippen LogP contribution < -0.4 is 9.47 Å². The molecule has 2 aromatic rings. The number of benzene rings is 2. The van der Waals surface area contributed by atoms with Gasteiger partial charge in [-0.2, -0.15) is 0 Å². The molecule has 0 saturated heterocycles. The quantitative estimate of drug-likeness (QED) is 0.427. The standard InChI is InChI=1S/C15H11BrFNO6/c1-22-12-4-3-8(17)5-14(12)24-13-6-9(15(19)23-2)11(18(20)21)7-10(13)16/h3-7H,1-2H3. The van der Waals surface area contributed by atoms with Crippen LogP contribution in [0.25, 0.3) is 0 Å². The number of hydrogen-bond acceptors (Lipinski definition) is 6. The fourth-order valence-corrected chi connectivity index (χ4v) is 2.31. The molecule has 0 atom stereocenters. The predicted octanol–water partition coefficient (Wildman–Crippen LogP) is 4.08. The number of hydrogen-bond donors (Lipinski definition) is 0. The lowest BCUT2D eigenvalue weighted by Crippen LogP contribution is -2.06. The molecular weight excluding hydrogens is 389 g/mol. The minimum absolute atomic E-state index is 0.0443. The van der Waals surface area contributed by atoms with E-state index in [2.05, 4.69) is 20.7 Å². The fourth-order valence-electron chi connectivity index (χ4n) is 1.89. The van der Waals surface area contributed by atoms with Gasteiger partial charge in [0.15, 0.2) is 11.5 Å². The number of ether oxygens (including phenoxy) is 3. The normalized spacial score (nSPS) is 10.2. The number of halogens is 2. The fraction of sp³-hybridized carbons (Fsp3) is 0.133. The van der Waals surface area contributed by atoms with Gasteiger partial charge in [-0.25, -0.2) is 9.18 Å². The molecule has 126 valence electrons. The van der Waals surface area contributed by atoms with E-state index in [0.29, 0.717) is 0 Å². The van der Waals surface area contributed by atoms with E-state index in [1.807, 2.05) is 0 Å². The minimum atomic E-state index is -0.898. The van der Waals surface area contributed by atoms with Gasteiger partial charge in [0.1, 0.15) is 17.1 Å². The third-order valence-corrected chi connectivity index (χ3v) is 3.62. The van der Waals surface area contributed by atoms with Gasteiger partial charge in [-0.05, 0) is 28.1 Å². The summed E-state index contributed by atoms with van der Waals surface area (Å²) >= 11 is 3.13. The van der Waals surface area contributed by atoms with Gasteiger partial charge in [-0.3, -0.25) is 10.1 Å². The Hall–Kier alpha value is -2.68. The summed E-state index contributed by atoms with van der Waals surface area (Å²) in [5.74, 6) is -1.10. The topological polar surface area (TPSA) is 87.9 Å². The first-order chi connectivity index (χ1) is 11.4. The molecule has 9 heteroatoms. The average Bonchev–Trinajstić information content (AvgIpc) is 2.55. The maximum Gasteiger partial charge on any atom is 0.345 e. The Morgan fingerprint density at radius 3 is 2.46 bits per heavy atom. The lowest BCUT2D eigenvalue weighted by atomic mass is 10.1. The molecule has 7 nitrogen and oxygen atoms in total. The Balaban J connectivity index is 2.53. The molecular formula is C15H11BrFNO6. The molecule has 0 aromatic heterocycles. The van der Waals surface area contributed by atoms with Crippen molar-refractivity contribution in [2.45, 2.75) is 0 Å². The van der Waals surface area contributed by atoms with E-state index >= 15 is 0 Å². The van der Waals surface area contributed by atoms with Gasteiger partial charge in [0.05, 0.1) is 23.6 Å². The lowest BCUT2D eigenvalue weighted by molar-refractivity contribution is -0.385. The highest BCUT2D eigenvalue weighted by molar-refractivity contribution is 9.10. The molecule has 0 aliphatic rings. The summed E-state index contributed by atoms with van der Waals surface area (Å²) in [6.07, 6.45) is 0. The maximum atomic E-state index is 13.4. The number of methoxy groups -OCH3 is 2. The molecule has 0 fully saturated rings. The minimum Gasteiger partial charge on any atom is -0.493 e. The first-order valence-electron chi connectivity index (χ1n) is 6.45. The van der Waals surface area contributed by atoms with Crippen molar-refractivity contribution in [3.05, 3.63) is 56.3 Å². The zero-order valence-corrected chi connectivity index (χ0v) is 14.1. The second-order valence-corrected chi connectivity index (χ2v) is 5.30. The highest BCUT2D eigenvalue weighted by Gasteiger charge is 2.24. The molecule has 0 amide bonds. The van der Waals surface area contributed by atoms with E-state index in [1.165, 1.54) is 19.2 Å². The Kier molecular flexibility index (Phi) is 5.35. The number of nitro groups is 1. The van der Waals surface area contributed by atoms with Crippen LogP contribution in [0.5, 0.6) is 17.2 Å². The predicted molar refractivity (Wildman–Crippen MR) is 85.2 cm³/mol. The highest BCUT2D eigenvalue weighted by atomic mass is 79.9. The van der Waals surface area contributed by atoms with Gasteiger partial charge in [0.25, 0.3) is 5.69 Å². The zero-order chi connectivity index (χ0) is 17.9. The van der Waals surface area contributed by atoms with Crippen molar-refractivity contribution in [3.63, 3.8) is 0 Å². The van der Waals surface area contributed by atoms with E-state index < -0.39 is 22.4 Å². The molecule has 2 aromatic carbocycles. The first-order valence-corrected chi connectivity index (χ1v) is 7.24. The third kappa shape index (κ3) is 3.62. The number of nitrogens with zero attached hydrogens (tertiary/aromatic N) is 1. The molecule has 0 heterocycles. The van der Waals surface area contributed by atoms with Crippen LogP contribution in [0.15, 0.2) is 34.8 Å². The second-order valence-electron chi connectivity index (χ2n) is 4.45. The number of carbonyl (C=O) groups is 1. The lowest BCUT2D eigenvalue weighted by Gasteiger charge is -2.12. The Labute approximate surface area is 144 Å². The molecule has 0 unspecified atom stereocenters. The Morgan fingerprint density at radius 2 is 1.88 bits per heavy atom. The van der Waals surface area contributed by atoms with Crippen LogP contribution in [0, 0.1) is 15.9 Å². The van der Waals surface area contributed by atoms with Crippen LogP contribution in [0.4, 0.5) is 10.1 Å². The third-order valence-electron chi connectivity index (χ3n) is 3.00. The van der Waals surface area contributed by atoms with Crippen LogP contribution in [-0.2, 0) is 4.74 Å². The van der Waals surface area contributed by atoms with Gasteiger partial charge in [0, 0.05) is 18.2 Å². The Morgan fingerprint density at radius 1 is 1.17 bits per heavy atom. The van der Waals surface area contributed by atoms with Gasteiger partial charge >= 0.3 is 5.97 Å². The van der Waals surface area contributed by atoms with Crippen molar-refractivity contribution in [3.8, 4) is 17.2 Å². The molecule has 0 aliphatic heterocycles. The molecule has 0 aliphatic carbocycles. The number of nitro benzene ring substituents is 1. The summed E-state index contributed by atoms with van der Waals surface area (Å²) in [6.45, 7) is 0. The number of carbonyl (C=O) groups excluding carboxylic acids is 1. The maximum absolute atomic E-state index is 13.4. The van der Waals surface area contributed by atoms with Crippen LogP contribution in [-0.4, -0.2) is 25.1 Å². The molecule has 0 saturated carbocycles. The van der Waals surface area contributed by atoms with Crippen LogP contribution in [0.2, 0.25) is 0 Å². The average molecular weight is 400 g/mol. The Bertz CT molecular complexity index is 811. The van der Waals surface area contributed by atoms with Gasteiger partial charge < -0.3 is 14.2 Å². The van der Waals surface area contributed by atoms with Crippen LogP contribution in [0.3, 0.4) is 0 Å².